The van der Waals surface area contributed by atoms with E-state index in [0.717, 1.165) is 36.8 Å². The molecule has 0 fully saturated rings. The third kappa shape index (κ3) is 16.9. The summed E-state index contributed by atoms with van der Waals surface area (Å²) in [4.78, 5) is 12.0. The van der Waals surface area contributed by atoms with Crippen molar-refractivity contribution >= 4 is 5.97 Å². The van der Waals surface area contributed by atoms with Gasteiger partial charge in [0.1, 0.15) is 0 Å². The maximum Gasteiger partial charge on any atom is 0.361 e. The third-order valence-corrected chi connectivity index (χ3v) is 4.80. The quantitative estimate of drug-likeness (QED) is 0.221. The molecule has 0 spiro atoms. The van der Waals surface area contributed by atoms with E-state index in [1.165, 1.54) is 57.8 Å². The molecule has 0 aliphatic heterocycles. The van der Waals surface area contributed by atoms with Crippen molar-refractivity contribution in [1.82, 2.24) is 0 Å². The van der Waals surface area contributed by atoms with Crippen LogP contribution >= 0.6 is 0 Å². The molecule has 25 heavy (non-hydrogen) atoms. The van der Waals surface area contributed by atoms with Crippen LogP contribution in [0, 0.1) is 0 Å². The average molecular weight is 378 g/mol. The Kier molecular flexibility index (Phi) is 19.9. The van der Waals surface area contributed by atoms with Crippen LogP contribution in [0.2, 0.25) is 0 Å². The highest BCUT2D eigenvalue weighted by atomic mass is 35.5. The van der Waals surface area contributed by atoms with Crippen LogP contribution in [0.4, 0.5) is 0 Å². The minimum Gasteiger partial charge on any atom is -1.00 e. The third-order valence-electron chi connectivity index (χ3n) is 4.80. The number of ether oxygens (including phenoxy) is 1. The van der Waals surface area contributed by atoms with Gasteiger partial charge < -0.3 is 21.6 Å². The van der Waals surface area contributed by atoms with E-state index in [4.69, 9.17) is 4.74 Å². The lowest BCUT2D eigenvalue weighted by molar-refractivity contribution is -0.902. The molecule has 0 aromatic rings. The molecule has 0 aliphatic carbocycles. The largest absolute Gasteiger partial charge is 1.00 e. The molecular weight excluding hydrogens is 334 g/mol. The molecule has 152 valence electrons. The lowest BCUT2D eigenvalue weighted by atomic mass is 10.1. The molecule has 0 bridgehead atoms. The van der Waals surface area contributed by atoms with Crippen LogP contribution in [0.1, 0.15) is 97.8 Å². The fourth-order valence-electron chi connectivity index (χ4n) is 3.48. The molecule has 0 atom stereocenters. The van der Waals surface area contributed by atoms with Crippen LogP contribution in [0.15, 0.2) is 0 Å². The highest BCUT2D eigenvalue weighted by Crippen LogP contribution is 2.11. The van der Waals surface area contributed by atoms with E-state index in [1.807, 2.05) is 0 Å². The zero-order valence-corrected chi connectivity index (χ0v) is 18.2. The van der Waals surface area contributed by atoms with Gasteiger partial charge in [-0.25, -0.2) is 4.79 Å². The minimum atomic E-state index is -0.0182. The van der Waals surface area contributed by atoms with Gasteiger partial charge in [-0.05, 0) is 19.3 Å². The van der Waals surface area contributed by atoms with E-state index < -0.39 is 0 Å². The van der Waals surface area contributed by atoms with Crippen LogP contribution in [-0.2, 0) is 9.53 Å². The summed E-state index contributed by atoms with van der Waals surface area (Å²) in [6, 6.07) is 0. The number of hydrogen-bond acceptors (Lipinski definition) is 2. The standard InChI is InChI=1S/C21H44NO2.ClH/c1-5-8-9-10-11-12-13-14-15-16-19-24-21(23)20-22(4,17-6-2)18-7-3;/h5-20H2,1-4H3;1H/q+1;/p-1. The second-order valence-electron chi connectivity index (χ2n) is 7.63. The van der Waals surface area contributed by atoms with Crippen molar-refractivity contribution in [2.45, 2.75) is 97.8 Å². The molecule has 0 rings (SSSR count). The zero-order chi connectivity index (χ0) is 18.1. The van der Waals surface area contributed by atoms with Gasteiger partial charge in [0, 0.05) is 0 Å². The normalized spacial score (nSPS) is 11.2. The number of hydrogen-bond donors (Lipinski definition) is 0. The maximum atomic E-state index is 12.0. The fourth-order valence-corrected chi connectivity index (χ4v) is 3.48. The highest BCUT2D eigenvalue weighted by Gasteiger charge is 2.24. The first kappa shape index (κ1) is 26.9. The van der Waals surface area contributed by atoms with Crippen molar-refractivity contribution in [2.24, 2.45) is 0 Å². The van der Waals surface area contributed by atoms with Gasteiger partial charge in [0.15, 0.2) is 6.54 Å². The van der Waals surface area contributed by atoms with Crippen LogP contribution in [0.5, 0.6) is 0 Å². The summed E-state index contributed by atoms with van der Waals surface area (Å²) in [5.41, 5.74) is 0. The van der Waals surface area contributed by atoms with Crippen molar-refractivity contribution in [1.29, 1.82) is 0 Å². The summed E-state index contributed by atoms with van der Waals surface area (Å²) in [7, 11) is 2.18. The number of carbonyl (C=O) groups excluding carboxylic acids is 1. The number of esters is 1. The molecule has 0 unspecified atom stereocenters. The second-order valence-corrected chi connectivity index (χ2v) is 7.63. The molecule has 0 saturated heterocycles. The molecule has 0 aliphatic rings. The van der Waals surface area contributed by atoms with Gasteiger partial charge in [-0.3, -0.25) is 0 Å². The van der Waals surface area contributed by atoms with Crippen molar-refractivity contribution in [2.75, 3.05) is 33.3 Å². The lowest BCUT2D eigenvalue weighted by Gasteiger charge is -2.32. The summed E-state index contributed by atoms with van der Waals surface area (Å²) < 4.78 is 6.27. The number of likely N-dealkylation sites (N-methyl/N-ethyl adjacent to an activating group) is 1. The summed E-state index contributed by atoms with van der Waals surface area (Å²) in [6.07, 6.45) is 15.3. The monoisotopic (exact) mass is 377 g/mol. The summed E-state index contributed by atoms with van der Waals surface area (Å²) >= 11 is 0. The maximum absolute atomic E-state index is 12.0. The van der Waals surface area contributed by atoms with Gasteiger partial charge >= 0.3 is 5.97 Å². The number of nitrogens with zero attached hydrogens (tertiary/aromatic N) is 1. The molecule has 0 amide bonds. The average Bonchev–Trinajstić information content (AvgIpc) is 2.52. The van der Waals surface area contributed by atoms with Crippen molar-refractivity contribution in [3.8, 4) is 0 Å². The van der Waals surface area contributed by atoms with Crippen molar-refractivity contribution < 1.29 is 26.4 Å². The molecule has 0 N–H and O–H groups in total. The molecular formula is C21H44ClNO2. The van der Waals surface area contributed by atoms with Gasteiger partial charge in [0.2, 0.25) is 0 Å². The van der Waals surface area contributed by atoms with Crippen LogP contribution in [0.25, 0.3) is 0 Å². The summed E-state index contributed by atoms with van der Waals surface area (Å²) in [6.45, 7) is 9.87. The van der Waals surface area contributed by atoms with E-state index in [0.29, 0.717) is 13.2 Å². The van der Waals surface area contributed by atoms with E-state index >= 15 is 0 Å². The first-order valence-electron chi connectivity index (χ1n) is 10.6. The second kappa shape index (κ2) is 18.5. The van der Waals surface area contributed by atoms with E-state index in [2.05, 4.69) is 27.8 Å². The van der Waals surface area contributed by atoms with Crippen LogP contribution in [0.3, 0.4) is 0 Å². The molecule has 0 aromatic heterocycles. The zero-order valence-electron chi connectivity index (χ0n) is 17.5. The highest BCUT2D eigenvalue weighted by molar-refractivity contribution is 5.70. The first-order valence-corrected chi connectivity index (χ1v) is 10.6. The summed E-state index contributed by atoms with van der Waals surface area (Å²) in [5, 5.41) is 0. The number of carbonyl (C=O) groups is 1. The van der Waals surface area contributed by atoms with E-state index in [9.17, 15) is 4.79 Å². The van der Waals surface area contributed by atoms with Gasteiger partial charge in [0.05, 0.1) is 26.7 Å². The van der Waals surface area contributed by atoms with Gasteiger partial charge in [-0.2, -0.15) is 0 Å². The van der Waals surface area contributed by atoms with Crippen LogP contribution in [-0.4, -0.2) is 43.7 Å². The molecule has 0 aromatic carbocycles. The topological polar surface area (TPSA) is 26.3 Å². The SMILES string of the molecule is CCCCCCCCCCCCOC(=O)C[N+](C)(CCC)CCC.[Cl-]. The number of quaternary nitrogens is 1. The smallest absolute Gasteiger partial charge is 0.361 e. The molecule has 3 nitrogen and oxygen atoms in total. The van der Waals surface area contributed by atoms with E-state index in [-0.39, 0.29) is 18.4 Å². The van der Waals surface area contributed by atoms with Gasteiger partial charge in [-0.1, -0.05) is 78.6 Å². The van der Waals surface area contributed by atoms with Crippen molar-refractivity contribution in [3.63, 3.8) is 0 Å². The number of unbranched alkanes of at least 4 members (excludes halogenated alkanes) is 9. The minimum absolute atomic E-state index is 0. The fraction of sp³-hybridized carbons (Fsp3) is 0.952. The Hall–Kier alpha value is -0.280. The number of rotatable bonds is 17. The Morgan fingerprint density at radius 3 is 1.60 bits per heavy atom. The van der Waals surface area contributed by atoms with Crippen molar-refractivity contribution in [3.05, 3.63) is 0 Å². The number of halogens is 1. The van der Waals surface area contributed by atoms with Gasteiger partial charge in [-0.15, -0.1) is 0 Å². The summed E-state index contributed by atoms with van der Waals surface area (Å²) in [5.74, 6) is -0.0182. The van der Waals surface area contributed by atoms with E-state index in [1.54, 1.807) is 0 Å². The predicted molar refractivity (Wildman–Crippen MR) is 104 cm³/mol. The Morgan fingerprint density at radius 2 is 1.16 bits per heavy atom. The Morgan fingerprint density at radius 1 is 0.720 bits per heavy atom. The molecule has 4 heteroatoms. The Bertz CT molecular complexity index is 292. The molecule has 0 saturated carbocycles. The first-order chi connectivity index (χ1) is 11.6. The Labute approximate surface area is 163 Å². The molecule has 0 radical (unpaired) electrons. The van der Waals surface area contributed by atoms with Crippen LogP contribution < -0.4 is 12.4 Å². The Balaban J connectivity index is 0. The predicted octanol–water partition coefficient (Wildman–Crippen LogP) is 2.72. The molecule has 0 heterocycles. The lowest BCUT2D eigenvalue weighted by Crippen LogP contribution is -3.00. The van der Waals surface area contributed by atoms with Gasteiger partial charge in [0.25, 0.3) is 0 Å².